The van der Waals surface area contributed by atoms with E-state index in [1.807, 2.05) is 0 Å². The lowest BCUT2D eigenvalue weighted by molar-refractivity contribution is -0.220. The number of hydrogen-bond acceptors (Lipinski definition) is 12. The van der Waals surface area contributed by atoms with E-state index in [1.165, 1.54) is 135 Å². The molecule has 0 spiro atoms. The highest BCUT2D eigenvalue weighted by atomic mass is 31.2. The first-order valence-electron chi connectivity index (χ1n) is 26.1. The fourth-order valence-electron chi connectivity index (χ4n) is 8.04. The Bertz CT molecular complexity index is 1230. The smallest absolute Gasteiger partial charge is 0.462 e. The molecule has 382 valence electrons. The van der Waals surface area contributed by atoms with E-state index < -0.39 is 75.7 Å². The number of aliphatic hydroxyl groups is 5. The van der Waals surface area contributed by atoms with Crippen LogP contribution in [0, 0.1) is 0 Å². The van der Waals surface area contributed by atoms with Gasteiger partial charge in [-0.1, -0.05) is 179 Å². The Hall–Kier alpha value is -1.67. The van der Waals surface area contributed by atoms with Crippen LogP contribution >= 0.6 is 7.82 Å². The quantitative estimate of drug-likeness (QED) is 0.0146. The number of carbonyl (C=O) groups is 2. The van der Waals surface area contributed by atoms with Crippen LogP contribution in [0.25, 0.3) is 0 Å². The van der Waals surface area contributed by atoms with Gasteiger partial charge in [0.05, 0.1) is 6.61 Å². The minimum Gasteiger partial charge on any atom is -0.462 e. The number of unbranched alkanes of at least 4 members (excludes halogenated alkanes) is 28. The molecule has 1 fully saturated rings. The lowest BCUT2D eigenvalue weighted by Crippen LogP contribution is -2.64. The van der Waals surface area contributed by atoms with Gasteiger partial charge in [0.25, 0.3) is 0 Å². The molecule has 0 amide bonds. The van der Waals surface area contributed by atoms with Crippen LogP contribution in [0.1, 0.15) is 232 Å². The van der Waals surface area contributed by atoms with E-state index in [0.29, 0.717) is 12.8 Å². The summed E-state index contributed by atoms with van der Waals surface area (Å²) in [7, 11) is -5.12. The Labute approximate surface area is 394 Å². The zero-order valence-electron chi connectivity index (χ0n) is 40.8. The highest BCUT2D eigenvalue weighted by Gasteiger charge is 2.51. The van der Waals surface area contributed by atoms with E-state index in [2.05, 4.69) is 38.2 Å². The van der Waals surface area contributed by atoms with Crippen molar-refractivity contribution in [1.29, 1.82) is 0 Å². The fourth-order valence-corrected chi connectivity index (χ4v) is 9.02. The summed E-state index contributed by atoms with van der Waals surface area (Å²) in [6.07, 6.45) is 33.6. The van der Waals surface area contributed by atoms with Crippen LogP contribution in [0.3, 0.4) is 0 Å². The van der Waals surface area contributed by atoms with Crippen molar-refractivity contribution in [3.05, 3.63) is 24.3 Å². The molecule has 1 saturated carbocycles. The third-order valence-corrected chi connectivity index (χ3v) is 13.3. The van der Waals surface area contributed by atoms with Gasteiger partial charge in [-0.15, -0.1) is 0 Å². The summed E-state index contributed by atoms with van der Waals surface area (Å²) in [4.78, 5) is 35.8. The Balaban J connectivity index is 2.39. The molecule has 0 aliphatic heterocycles. The first-order valence-corrected chi connectivity index (χ1v) is 27.6. The molecule has 65 heavy (non-hydrogen) atoms. The van der Waals surface area contributed by atoms with Crippen molar-refractivity contribution >= 4 is 19.8 Å². The van der Waals surface area contributed by atoms with Crippen molar-refractivity contribution in [2.45, 2.75) is 275 Å². The van der Waals surface area contributed by atoms with E-state index in [-0.39, 0.29) is 12.8 Å². The fraction of sp³-hybridized carbons (Fsp3) is 0.882. The molecule has 0 heterocycles. The molecule has 0 aromatic heterocycles. The molecule has 0 bridgehead atoms. The zero-order valence-corrected chi connectivity index (χ0v) is 41.7. The molecule has 0 radical (unpaired) electrons. The van der Waals surface area contributed by atoms with Crippen molar-refractivity contribution in [3.8, 4) is 0 Å². The van der Waals surface area contributed by atoms with Gasteiger partial charge in [0.1, 0.15) is 43.2 Å². The van der Waals surface area contributed by atoms with Crippen molar-refractivity contribution in [2.75, 3.05) is 13.2 Å². The number of carbonyl (C=O) groups excluding carboxylic acids is 2. The number of esters is 2. The van der Waals surface area contributed by atoms with Gasteiger partial charge < -0.3 is 39.9 Å². The second-order valence-electron chi connectivity index (χ2n) is 18.4. The minimum atomic E-state index is -5.12. The first kappa shape index (κ1) is 61.3. The lowest BCUT2D eigenvalue weighted by atomic mass is 9.85. The lowest BCUT2D eigenvalue weighted by Gasteiger charge is -2.41. The van der Waals surface area contributed by atoms with Gasteiger partial charge in [-0.3, -0.25) is 18.6 Å². The number of allylic oxidation sites excluding steroid dienone is 4. The summed E-state index contributed by atoms with van der Waals surface area (Å²) in [6, 6.07) is 0. The highest BCUT2D eigenvalue weighted by Crippen LogP contribution is 2.47. The van der Waals surface area contributed by atoms with E-state index in [0.717, 1.165) is 57.8 Å². The van der Waals surface area contributed by atoms with Crippen molar-refractivity contribution in [3.63, 3.8) is 0 Å². The summed E-state index contributed by atoms with van der Waals surface area (Å²) in [5, 5.41) is 50.3. The largest absolute Gasteiger partial charge is 0.472 e. The molecule has 8 atom stereocenters. The molecule has 0 aromatic carbocycles. The molecule has 13 nitrogen and oxygen atoms in total. The van der Waals surface area contributed by atoms with Crippen molar-refractivity contribution in [1.82, 2.24) is 0 Å². The summed E-state index contributed by atoms with van der Waals surface area (Å²) < 4.78 is 33.7. The molecule has 1 rings (SSSR count). The van der Waals surface area contributed by atoms with Gasteiger partial charge >= 0.3 is 19.8 Å². The number of hydrogen-bond donors (Lipinski definition) is 6. The highest BCUT2D eigenvalue weighted by molar-refractivity contribution is 7.47. The molecular weight excluding hydrogens is 852 g/mol. The van der Waals surface area contributed by atoms with Gasteiger partial charge in [0.2, 0.25) is 0 Å². The molecular formula is C51H95O13P. The maximum atomic E-state index is 12.8. The normalized spacial score (nSPS) is 21.5. The summed E-state index contributed by atoms with van der Waals surface area (Å²) >= 11 is 0. The Morgan fingerprint density at radius 3 is 1.18 bits per heavy atom. The topological polar surface area (TPSA) is 210 Å². The monoisotopic (exact) mass is 947 g/mol. The third-order valence-electron chi connectivity index (χ3n) is 12.3. The van der Waals surface area contributed by atoms with Crippen LogP contribution in [0.2, 0.25) is 0 Å². The van der Waals surface area contributed by atoms with Crippen LogP contribution in [-0.2, 0) is 32.7 Å². The summed E-state index contributed by atoms with van der Waals surface area (Å²) in [5.41, 5.74) is 0. The summed E-state index contributed by atoms with van der Waals surface area (Å²) in [5.74, 6) is -1.09. The van der Waals surface area contributed by atoms with Crippen LogP contribution in [0.5, 0.6) is 0 Å². The Morgan fingerprint density at radius 2 is 0.785 bits per heavy atom. The molecule has 14 heteroatoms. The zero-order chi connectivity index (χ0) is 47.8. The average Bonchev–Trinajstić information content (AvgIpc) is 3.29. The second kappa shape index (κ2) is 41.3. The standard InChI is InChI=1S/C51H95O13P/c1-3-5-7-9-11-13-15-17-19-21-22-24-25-27-29-31-33-35-37-39-44(52)61-41-43(42-62-65(59,60)64-51-49(57)47(55)46(54)48(56)50(51)58)63-45(53)40-38-36-34-32-30-28-26-23-20-18-16-14-12-10-8-6-4-2/h14,16-17,19,43,46-51,54-58H,3-13,15,18,20-42H2,1-2H3,(H,59,60)/b16-14+,19-17+/t43-,46?,47-,48?,49?,50?,51?/m0/s1. The Kier molecular flexibility index (Phi) is 39.0. The molecule has 1 aliphatic rings. The van der Waals surface area contributed by atoms with E-state index in [9.17, 15) is 44.6 Å². The first-order chi connectivity index (χ1) is 31.4. The van der Waals surface area contributed by atoms with Gasteiger partial charge in [-0.25, -0.2) is 4.57 Å². The molecule has 1 aliphatic carbocycles. The molecule has 6 N–H and O–H groups in total. The number of phosphoric ester groups is 1. The summed E-state index contributed by atoms with van der Waals surface area (Å²) in [6.45, 7) is 3.31. The molecule has 0 aromatic rings. The number of phosphoric acid groups is 1. The van der Waals surface area contributed by atoms with E-state index in [1.54, 1.807) is 0 Å². The SMILES string of the molecule is CCCCCC/C=C/CCCCCCCCCCCC(=O)O[C@@H](COC(=O)CCCCCCCCCCC/C=C/CCCCCCCC)COP(=O)(O)OC1C(O)C(O)C(O)[C@H](O)C1O. The Morgan fingerprint density at radius 1 is 0.462 bits per heavy atom. The second-order valence-corrected chi connectivity index (χ2v) is 19.8. The molecule has 6 unspecified atom stereocenters. The number of aliphatic hydroxyl groups excluding tert-OH is 5. The van der Waals surface area contributed by atoms with Crippen LogP contribution in [0.4, 0.5) is 0 Å². The van der Waals surface area contributed by atoms with Crippen molar-refractivity contribution < 1.29 is 63.1 Å². The molecule has 0 saturated heterocycles. The number of rotatable bonds is 44. The minimum absolute atomic E-state index is 0.0963. The van der Waals surface area contributed by atoms with E-state index in [4.69, 9.17) is 18.5 Å². The van der Waals surface area contributed by atoms with Gasteiger partial charge in [0, 0.05) is 12.8 Å². The number of ether oxygens (including phenoxy) is 2. The van der Waals surface area contributed by atoms with E-state index >= 15 is 0 Å². The van der Waals surface area contributed by atoms with Crippen LogP contribution < -0.4 is 0 Å². The average molecular weight is 947 g/mol. The predicted octanol–water partition coefficient (Wildman–Crippen LogP) is 11.2. The van der Waals surface area contributed by atoms with Gasteiger partial charge in [-0.05, 0) is 64.2 Å². The van der Waals surface area contributed by atoms with Gasteiger partial charge in [-0.2, -0.15) is 0 Å². The maximum Gasteiger partial charge on any atom is 0.472 e. The maximum absolute atomic E-state index is 12.8. The van der Waals surface area contributed by atoms with Crippen LogP contribution in [0.15, 0.2) is 24.3 Å². The van der Waals surface area contributed by atoms with Gasteiger partial charge in [0.15, 0.2) is 6.10 Å². The van der Waals surface area contributed by atoms with Crippen LogP contribution in [-0.4, -0.2) is 98.3 Å². The van der Waals surface area contributed by atoms with Crippen molar-refractivity contribution in [2.24, 2.45) is 0 Å². The third kappa shape index (κ3) is 33.5. The predicted molar refractivity (Wildman–Crippen MR) is 258 cm³/mol.